The number of aryl methyl sites for hydroxylation is 2. The minimum absolute atomic E-state index is 0.432. The van der Waals surface area contributed by atoms with Gasteiger partial charge in [-0.2, -0.15) is 5.10 Å². The molecule has 1 aromatic carbocycles. The molecule has 22 heavy (non-hydrogen) atoms. The lowest BCUT2D eigenvalue weighted by Crippen LogP contribution is -2.21. The predicted molar refractivity (Wildman–Crippen MR) is 89.9 cm³/mol. The molecule has 1 atom stereocenters. The van der Waals surface area contributed by atoms with Crippen molar-refractivity contribution in [1.82, 2.24) is 14.7 Å². The van der Waals surface area contributed by atoms with Gasteiger partial charge in [0.15, 0.2) is 0 Å². The Labute approximate surface area is 137 Å². The Bertz CT molecular complexity index is 597. The molecule has 0 saturated carbocycles. The fraction of sp³-hybridized carbons (Fsp3) is 0.471. The van der Waals surface area contributed by atoms with E-state index in [0.29, 0.717) is 11.6 Å². The number of hydrogen-bond acceptors (Lipinski definition) is 3. The molecule has 0 bridgehead atoms. The van der Waals surface area contributed by atoms with E-state index in [4.69, 9.17) is 11.6 Å². The van der Waals surface area contributed by atoms with Gasteiger partial charge in [0.1, 0.15) is 5.15 Å². The van der Waals surface area contributed by atoms with E-state index in [9.17, 15) is 5.11 Å². The van der Waals surface area contributed by atoms with Gasteiger partial charge in [-0.1, -0.05) is 48.9 Å². The highest BCUT2D eigenvalue weighted by molar-refractivity contribution is 6.30. The SMILES string of the molecule is CCc1nn(C)c(Cl)c1CN(C)CCC(O)c1ccccc1. The molecule has 1 unspecified atom stereocenters. The molecule has 2 rings (SSSR count). The highest BCUT2D eigenvalue weighted by Crippen LogP contribution is 2.22. The second kappa shape index (κ2) is 7.77. The molecular formula is C17H24ClN3O. The van der Waals surface area contributed by atoms with Crippen molar-refractivity contribution in [1.29, 1.82) is 0 Å². The molecule has 0 fully saturated rings. The highest BCUT2D eigenvalue weighted by atomic mass is 35.5. The van der Waals surface area contributed by atoms with Crippen molar-refractivity contribution in [3.8, 4) is 0 Å². The number of halogens is 1. The van der Waals surface area contributed by atoms with Gasteiger partial charge >= 0.3 is 0 Å². The summed E-state index contributed by atoms with van der Waals surface area (Å²) in [6, 6.07) is 9.77. The zero-order valence-electron chi connectivity index (χ0n) is 13.5. The van der Waals surface area contributed by atoms with Crippen LogP contribution < -0.4 is 0 Å². The third kappa shape index (κ3) is 4.09. The van der Waals surface area contributed by atoms with Crippen LogP contribution in [0.4, 0.5) is 0 Å². The Morgan fingerprint density at radius 1 is 1.32 bits per heavy atom. The van der Waals surface area contributed by atoms with E-state index >= 15 is 0 Å². The maximum Gasteiger partial charge on any atom is 0.131 e. The number of hydrogen-bond donors (Lipinski definition) is 1. The molecule has 0 aliphatic heterocycles. The standard InChI is InChI=1S/C17H24ClN3O/c1-4-15-14(17(18)21(3)19-15)12-20(2)11-10-16(22)13-8-6-5-7-9-13/h5-9,16,22H,4,10-12H2,1-3H3. The minimum Gasteiger partial charge on any atom is -0.388 e. The van der Waals surface area contributed by atoms with E-state index in [1.807, 2.05) is 44.4 Å². The molecule has 1 aromatic heterocycles. The summed E-state index contributed by atoms with van der Waals surface area (Å²) in [7, 11) is 3.91. The van der Waals surface area contributed by atoms with Crippen LogP contribution in [0.25, 0.3) is 0 Å². The molecule has 0 radical (unpaired) electrons. The van der Waals surface area contributed by atoms with Crippen molar-refractivity contribution in [3.05, 3.63) is 52.3 Å². The van der Waals surface area contributed by atoms with Crippen molar-refractivity contribution in [2.45, 2.75) is 32.4 Å². The molecule has 2 aromatic rings. The third-order valence-corrected chi connectivity index (χ3v) is 4.36. The van der Waals surface area contributed by atoms with Gasteiger partial charge in [-0.15, -0.1) is 0 Å². The number of aliphatic hydroxyl groups is 1. The van der Waals surface area contributed by atoms with Crippen molar-refractivity contribution >= 4 is 11.6 Å². The van der Waals surface area contributed by atoms with E-state index in [1.165, 1.54) is 0 Å². The maximum atomic E-state index is 10.2. The monoisotopic (exact) mass is 321 g/mol. The first kappa shape index (κ1) is 17.0. The van der Waals surface area contributed by atoms with Crippen LogP contribution in [0.1, 0.15) is 36.3 Å². The summed E-state index contributed by atoms with van der Waals surface area (Å²) in [6.07, 6.45) is 1.13. The number of aliphatic hydroxyl groups excluding tert-OH is 1. The second-order valence-corrected chi connectivity index (χ2v) is 6.00. The lowest BCUT2D eigenvalue weighted by Gasteiger charge is -2.19. The van der Waals surface area contributed by atoms with Gasteiger partial charge in [-0.25, -0.2) is 0 Å². The molecule has 0 amide bonds. The van der Waals surface area contributed by atoms with Crippen LogP contribution in [0.3, 0.4) is 0 Å². The number of benzene rings is 1. The van der Waals surface area contributed by atoms with Crippen molar-refractivity contribution in [2.75, 3.05) is 13.6 Å². The molecule has 0 saturated heterocycles. The van der Waals surface area contributed by atoms with Crippen LogP contribution in [0.5, 0.6) is 0 Å². The molecule has 0 aliphatic rings. The van der Waals surface area contributed by atoms with E-state index in [-0.39, 0.29) is 0 Å². The summed E-state index contributed by atoms with van der Waals surface area (Å²) < 4.78 is 1.72. The van der Waals surface area contributed by atoms with Crippen molar-refractivity contribution in [2.24, 2.45) is 7.05 Å². The summed E-state index contributed by atoms with van der Waals surface area (Å²) >= 11 is 6.32. The zero-order valence-corrected chi connectivity index (χ0v) is 14.2. The fourth-order valence-corrected chi connectivity index (χ4v) is 2.78. The second-order valence-electron chi connectivity index (χ2n) is 5.65. The number of rotatable bonds is 7. The molecule has 1 N–H and O–H groups in total. The first-order valence-corrected chi connectivity index (χ1v) is 8.02. The van der Waals surface area contributed by atoms with Crippen molar-refractivity contribution < 1.29 is 5.11 Å². The van der Waals surface area contributed by atoms with Gasteiger partial charge in [0.25, 0.3) is 0 Å². The normalized spacial score (nSPS) is 12.8. The predicted octanol–water partition coefficient (Wildman–Crippen LogP) is 3.19. The Balaban J connectivity index is 1.92. The Kier molecular flexibility index (Phi) is 6.00. The highest BCUT2D eigenvalue weighted by Gasteiger charge is 2.16. The van der Waals surface area contributed by atoms with Gasteiger partial charge in [0, 0.05) is 25.7 Å². The summed E-state index contributed by atoms with van der Waals surface area (Å²) in [6.45, 7) is 3.63. The molecule has 120 valence electrons. The van der Waals surface area contributed by atoms with Crippen LogP contribution in [-0.4, -0.2) is 33.4 Å². The maximum absolute atomic E-state index is 10.2. The van der Waals surface area contributed by atoms with Gasteiger partial charge < -0.3 is 10.0 Å². The fourth-order valence-electron chi connectivity index (χ4n) is 2.57. The zero-order chi connectivity index (χ0) is 16.1. The van der Waals surface area contributed by atoms with Crippen LogP contribution in [0.2, 0.25) is 5.15 Å². The van der Waals surface area contributed by atoms with Crippen molar-refractivity contribution in [3.63, 3.8) is 0 Å². The van der Waals surface area contributed by atoms with Gasteiger partial charge in [0.2, 0.25) is 0 Å². The van der Waals surface area contributed by atoms with Crippen LogP contribution in [-0.2, 0) is 20.0 Å². The van der Waals surface area contributed by atoms with E-state index in [1.54, 1.807) is 4.68 Å². The van der Waals surface area contributed by atoms with Crippen LogP contribution >= 0.6 is 11.6 Å². The largest absolute Gasteiger partial charge is 0.388 e. The minimum atomic E-state index is -0.432. The third-order valence-electron chi connectivity index (χ3n) is 3.88. The smallest absolute Gasteiger partial charge is 0.131 e. The first-order chi connectivity index (χ1) is 10.5. The molecular weight excluding hydrogens is 298 g/mol. The van der Waals surface area contributed by atoms with E-state index < -0.39 is 6.10 Å². The molecule has 1 heterocycles. The van der Waals surface area contributed by atoms with E-state index in [0.717, 1.165) is 36.3 Å². The lowest BCUT2D eigenvalue weighted by molar-refractivity contribution is 0.147. The molecule has 5 heteroatoms. The number of nitrogens with zero attached hydrogens (tertiary/aromatic N) is 3. The topological polar surface area (TPSA) is 41.3 Å². The summed E-state index contributed by atoms with van der Waals surface area (Å²) in [5.41, 5.74) is 3.09. The Morgan fingerprint density at radius 3 is 2.64 bits per heavy atom. The average molecular weight is 322 g/mol. The van der Waals surface area contributed by atoms with Gasteiger partial charge in [-0.3, -0.25) is 4.68 Å². The molecule has 4 nitrogen and oxygen atoms in total. The number of aromatic nitrogens is 2. The first-order valence-electron chi connectivity index (χ1n) is 7.64. The van der Waals surface area contributed by atoms with Crippen LogP contribution in [0.15, 0.2) is 30.3 Å². The summed E-state index contributed by atoms with van der Waals surface area (Å²) in [5, 5.41) is 15.4. The summed E-state index contributed by atoms with van der Waals surface area (Å²) in [5.74, 6) is 0. The van der Waals surface area contributed by atoms with Crippen LogP contribution in [0, 0.1) is 0 Å². The quantitative estimate of drug-likeness (QED) is 0.851. The lowest BCUT2D eigenvalue weighted by atomic mass is 10.1. The van der Waals surface area contributed by atoms with E-state index in [2.05, 4.69) is 16.9 Å². The molecule has 0 spiro atoms. The van der Waals surface area contributed by atoms with Gasteiger partial charge in [-0.05, 0) is 25.5 Å². The Morgan fingerprint density at radius 2 is 2.00 bits per heavy atom. The van der Waals surface area contributed by atoms with Gasteiger partial charge in [0.05, 0.1) is 11.8 Å². The summed E-state index contributed by atoms with van der Waals surface area (Å²) in [4.78, 5) is 2.17. The average Bonchev–Trinajstić information content (AvgIpc) is 2.81. The molecule has 0 aliphatic carbocycles. The Hall–Kier alpha value is -1.36.